The first kappa shape index (κ1) is 14.2. The normalized spacial score (nSPS) is 10.7. The minimum atomic E-state index is -2.18. The molecular weight excluding hydrogens is 277 g/mol. The molecule has 0 aliphatic heterocycles. The lowest BCUT2D eigenvalue weighted by Gasteiger charge is -2.05. The van der Waals surface area contributed by atoms with E-state index in [1.807, 2.05) is 0 Å². The molecule has 0 bridgehead atoms. The van der Waals surface area contributed by atoms with Gasteiger partial charge in [0, 0.05) is 19.1 Å². The minimum absolute atomic E-state index is 0.297. The van der Waals surface area contributed by atoms with Crippen molar-refractivity contribution >= 4 is 6.08 Å². The molecule has 2 aromatic rings. The van der Waals surface area contributed by atoms with Gasteiger partial charge in [-0.2, -0.15) is 13.3 Å². The van der Waals surface area contributed by atoms with Gasteiger partial charge in [0.1, 0.15) is 0 Å². The zero-order chi connectivity index (χ0) is 15.0. The number of nitrogens with zero attached hydrogens (tertiary/aromatic N) is 1. The van der Waals surface area contributed by atoms with Gasteiger partial charge in [-0.05, 0) is 5.56 Å². The van der Waals surface area contributed by atoms with E-state index < -0.39 is 34.8 Å². The molecule has 104 valence electrons. The monoisotopic (exact) mass is 286 g/mol. The summed E-state index contributed by atoms with van der Waals surface area (Å²) in [6, 6.07) is 2.95. The Bertz CT molecular complexity index is 680. The third kappa shape index (κ3) is 2.07. The Morgan fingerprint density at radius 2 is 1.45 bits per heavy atom. The van der Waals surface area contributed by atoms with Crippen LogP contribution >= 0.6 is 0 Å². The highest BCUT2D eigenvalue weighted by atomic mass is 19.2. The van der Waals surface area contributed by atoms with E-state index >= 15 is 0 Å². The SMILES string of the molecule is C=Cc1cc[n+](-c2c(F)c(F)c(F)c(F)c2F)c(C)c1. The molecular formula is C14H9F5N+. The Kier molecular flexibility index (Phi) is 3.57. The van der Waals surface area contributed by atoms with Gasteiger partial charge >= 0.3 is 0 Å². The zero-order valence-electron chi connectivity index (χ0n) is 10.4. The zero-order valence-corrected chi connectivity index (χ0v) is 10.4. The smallest absolute Gasteiger partial charge is 0.200 e. The Hall–Kier alpha value is -2.24. The van der Waals surface area contributed by atoms with Crippen LogP contribution < -0.4 is 4.57 Å². The molecule has 6 heteroatoms. The number of benzene rings is 1. The van der Waals surface area contributed by atoms with E-state index in [2.05, 4.69) is 6.58 Å². The van der Waals surface area contributed by atoms with Crippen molar-refractivity contribution in [3.8, 4) is 5.69 Å². The number of pyridine rings is 1. The molecule has 20 heavy (non-hydrogen) atoms. The molecule has 2 rings (SSSR count). The van der Waals surface area contributed by atoms with E-state index in [4.69, 9.17) is 0 Å². The van der Waals surface area contributed by atoms with Crippen LogP contribution in [-0.4, -0.2) is 0 Å². The van der Waals surface area contributed by atoms with Crippen molar-refractivity contribution in [1.82, 2.24) is 0 Å². The molecule has 0 aliphatic rings. The predicted molar refractivity (Wildman–Crippen MR) is 62.6 cm³/mol. The Balaban J connectivity index is 2.80. The lowest BCUT2D eigenvalue weighted by Crippen LogP contribution is -2.37. The van der Waals surface area contributed by atoms with Crippen molar-refractivity contribution in [2.24, 2.45) is 0 Å². The van der Waals surface area contributed by atoms with E-state index in [9.17, 15) is 22.0 Å². The van der Waals surface area contributed by atoms with Gasteiger partial charge in [0.2, 0.25) is 29.1 Å². The van der Waals surface area contributed by atoms with Crippen LogP contribution in [0.2, 0.25) is 0 Å². The highest BCUT2D eigenvalue weighted by molar-refractivity contribution is 5.45. The standard InChI is InChI=1S/C14H9F5N/c1-3-8-4-5-20(7(2)6-8)14-12(18)10(16)9(15)11(17)13(14)19/h3-6H,1H2,2H3/q+1. The third-order valence-electron chi connectivity index (χ3n) is 2.83. The molecule has 1 aromatic carbocycles. The maximum atomic E-state index is 13.7. The summed E-state index contributed by atoms with van der Waals surface area (Å²) < 4.78 is 67.6. The van der Waals surface area contributed by atoms with Crippen LogP contribution in [0.3, 0.4) is 0 Å². The average molecular weight is 286 g/mol. The molecule has 0 atom stereocenters. The van der Waals surface area contributed by atoms with E-state index in [-0.39, 0.29) is 0 Å². The van der Waals surface area contributed by atoms with Crippen molar-refractivity contribution < 1.29 is 26.5 Å². The molecule has 1 heterocycles. The van der Waals surface area contributed by atoms with Gasteiger partial charge in [-0.1, -0.05) is 12.7 Å². The number of aromatic nitrogens is 1. The predicted octanol–water partition coefficient (Wildman–Crippen LogP) is 3.61. The van der Waals surface area contributed by atoms with Crippen LogP contribution in [0.25, 0.3) is 11.8 Å². The summed E-state index contributed by atoms with van der Waals surface area (Å²) in [6.07, 6.45) is 2.71. The molecule has 0 aliphatic carbocycles. The second-order valence-electron chi connectivity index (χ2n) is 4.09. The highest BCUT2D eigenvalue weighted by Crippen LogP contribution is 2.23. The first-order valence-corrected chi connectivity index (χ1v) is 5.55. The first-order chi connectivity index (χ1) is 9.38. The largest absolute Gasteiger partial charge is 0.289 e. The summed E-state index contributed by atoms with van der Waals surface area (Å²) >= 11 is 0. The fourth-order valence-electron chi connectivity index (χ4n) is 1.82. The lowest BCUT2D eigenvalue weighted by atomic mass is 10.2. The summed E-state index contributed by atoms with van der Waals surface area (Å²) in [5.41, 5.74) is -0.0530. The fourth-order valence-corrected chi connectivity index (χ4v) is 1.82. The number of hydrogen-bond donors (Lipinski definition) is 0. The van der Waals surface area contributed by atoms with Crippen LogP contribution in [0.5, 0.6) is 0 Å². The summed E-state index contributed by atoms with van der Waals surface area (Å²) in [6.45, 7) is 5.00. The molecule has 0 saturated carbocycles. The highest BCUT2D eigenvalue weighted by Gasteiger charge is 2.32. The third-order valence-corrected chi connectivity index (χ3v) is 2.83. The van der Waals surface area contributed by atoms with Crippen molar-refractivity contribution in [2.45, 2.75) is 6.92 Å². The van der Waals surface area contributed by atoms with Gasteiger partial charge in [0.05, 0.1) is 0 Å². The van der Waals surface area contributed by atoms with Crippen molar-refractivity contribution in [3.63, 3.8) is 0 Å². The van der Waals surface area contributed by atoms with Crippen LogP contribution in [-0.2, 0) is 0 Å². The van der Waals surface area contributed by atoms with Gasteiger partial charge in [-0.15, -0.1) is 0 Å². The number of halogens is 5. The first-order valence-electron chi connectivity index (χ1n) is 5.55. The second-order valence-corrected chi connectivity index (χ2v) is 4.09. The van der Waals surface area contributed by atoms with Crippen molar-refractivity contribution in [3.05, 3.63) is 65.3 Å². The van der Waals surface area contributed by atoms with Crippen LogP contribution in [0, 0.1) is 36.0 Å². The molecule has 0 fully saturated rings. The maximum Gasteiger partial charge on any atom is 0.289 e. The van der Waals surface area contributed by atoms with Gasteiger partial charge < -0.3 is 0 Å². The van der Waals surface area contributed by atoms with Gasteiger partial charge in [0.25, 0.3) is 5.69 Å². The molecule has 1 nitrogen and oxygen atoms in total. The lowest BCUT2D eigenvalue weighted by molar-refractivity contribution is -0.607. The summed E-state index contributed by atoms with van der Waals surface area (Å²) in [5.74, 6) is -9.87. The molecule has 0 N–H and O–H groups in total. The Labute approximate surface area is 111 Å². The van der Waals surface area contributed by atoms with Crippen molar-refractivity contribution in [1.29, 1.82) is 0 Å². The summed E-state index contributed by atoms with van der Waals surface area (Å²) in [7, 11) is 0. The summed E-state index contributed by atoms with van der Waals surface area (Å²) in [4.78, 5) is 0. The summed E-state index contributed by atoms with van der Waals surface area (Å²) in [5, 5.41) is 0. The number of rotatable bonds is 2. The quantitative estimate of drug-likeness (QED) is 0.344. The van der Waals surface area contributed by atoms with Gasteiger partial charge in [-0.3, -0.25) is 0 Å². The van der Waals surface area contributed by atoms with E-state index in [0.29, 0.717) is 11.3 Å². The van der Waals surface area contributed by atoms with Gasteiger partial charge in [-0.25, -0.2) is 13.2 Å². The maximum absolute atomic E-state index is 13.7. The molecule has 0 unspecified atom stereocenters. The Morgan fingerprint density at radius 3 is 1.90 bits per heavy atom. The van der Waals surface area contributed by atoms with E-state index in [1.54, 1.807) is 0 Å². The topological polar surface area (TPSA) is 3.88 Å². The van der Waals surface area contributed by atoms with E-state index in [1.165, 1.54) is 31.3 Å². The molecule has 0 saturated heterocycles. The average Bonchev–Trinajstić information content (AvgIpc) is 2.44. The second kappa shape index (κ2) is 5.03. The van der Waals surface area contributed by atoms with Crippen molar-refractivity contribution in [2.75, 3.05) is 0 Å². The minimum Gasteiger partial charge on any atom is -0.200 e. The van der Waals surface area contributed by atoms with Crippen LogP contribution in [0.1, 0.15) is 11.3 Å². The molecule has 0 amide bonds. The number of hydrogen-bond acceptors (Lipinski definition) is 0. The fraction of sp³-hybridized carbons (Fsp3) is 0.0714. The number of aryl methyl sites for hydroxylation is 1. The van der Waals surface area contributed by atoms with Crippen LogP contribution in [0.15, 0.2) is 24.9 Å². The molecule has 0 radical (unpaired) electrons. The Morgan fingerprint density at radius 1 is 0.950 bits per heavy atom. The van der Waals surface area contributed by atoms with Crippen LogP contribution in [0.4, 0.5) is 22.0 Å². The van der Waals surface area contributed by atoms with Gasteiger partial charge in [0.15, 0.2) is 11.9 Å². The molecule has 0 spiro atoms. The van der Waals surface area contributed by atoms with E-state index in [0.717, 1.165) is 4.57 Å². The molecule has 1 aromatic heterocycles.